The highest BCUT2D eigenvalue weighted by atomic mass is 127. The van der Waals surface area contributed by atoms with Gasteiger partial charge in [-0.25, -0.2) is 0 Å². The highest BCUT2D eigenvalue weighted by Gasteiger charge is 2.16. The maximum absolute atomic E-state index is 10.9. The van der Waals surface area contributed by atoms with E-state index in [1.807, 2.05) is 18.2 Å². The Kier molecular flexibility index (Phi) is 3.97. The molecule has 0 aromatic heterocycles. The Morgan fingerprint density at radius 3 is 2.47 bits per heavy atom. The smallest absolute Gasteiger partial charge is 0.311 e. The summed E-state index contributed by atoms with van der Waals surface area (Å²) in [6, 6.07) is 13.0. The Labute approximate surface area is 122 Å². The van der Waals surface area contributed by atoms with Crippen molar-refractivity contribution in [1.82, 2.24) is 0 Å². The summed E-state index contributed by atoms with van der Waals surface area (Å²) in [6.45, 7) is 0. The molecule has 5 nitrogen and oxygen atoms in total. The fourth-order valence-corrected chi connectivity index (χ4v) is 1.81. The van der Waals surface area contributed by atoms with E-state index in [9.17, 15) is 10.1 Å². The quantitative estimate of drug-likeness (QED) is 0.470. The van der Waals surface area contributed by atoms with E-state index in [2.05, 4.69) is 22.6 Å². The summed E-state index contributed by atoms with van der Waals surface area (Å²) in [5.41, 5.74) is 0.142. The second-order valence-corrected chi connectivity index (χ2v) is 4.85. The van der Waals surface area contributed by atoms with Crippen molar-refractivity contribution in [3.63, 3.8) is 0 Å². The van der Waals surface area contributed by atoms with Crippen LogP contribution in [0.3, 0.4) is 0 Å². The van der Waals surface area contributed by atoms with Gasteiger partial charge in [0.15, 0.2) is 0 Å². The number of ether oxygens (including phenoxy) is 1. The molecule has 0 radical (unpaired) electrons. The molecule has 0 aliphatic carbocycles. The monoisotopic (exact) mass is 366 g/mol. The molecule has 0 aliphatic heterocycles. The lowest BCUT2D eigenvalue weighted by atomic mass is 10.2. The first-order valence-corrected chi connectivity index (χ1v) is 6.30. The van der Waals surface area contributed by atoms with Crippen LogP contribution < -0.4 is 4.74 Å². The van der Waals surface area contributed by atoms with Crippen LogP contribution in [0.15, 0.2) is 42.5 Å². The molecule has 0 saturated heterocycles. The number of rotatable bonds is 3. The summed E-state index contributed by atoms with van der Waals surface area (Å²) in [6.07, 6.45) is 0. The third kappa shape index (κ3) is 3.20. The van der Waals surface area contributed by atoms with Crippen LogP contribution in [-0.2, 0) is 0 Å². The predicted octanol–water partition coefficient (Wildman–Crippen LogP) is 3.86. The van der Waals surface area contributed by atoms with Crippen LogP contribution in [0.2, 0.25) is 0 Å². The standard InChI is InChI=1S/C13H7IN2O3/c14-10-2-4-11(5-3-10)19-13-7-9(8-15)1-6-12(13)16(17)18/h1-7H. The normalized spacial score (nSPS) is 9.68. The van der Waals surface area contributed by atoms with E-state index >= 15 is 0 Å². The Balaban J connectivity index is 2.40. The highest BCUT2D eigenvalue weighted by Crippen LogP contribution is 2.32. The maximum Gasteiger partial charge on any atom is 0.311 e. The second-order valence-electron chi connectivity index (χ2n) is 3.61. The summed E-state index contributed by atoms with van der Waals surface area (Å²) < 4.78 is 6.50. The first-order chi connectivity index (χ1) is 9.10. The van der Waals surface area contributed by atoms with Crippen molar-refractivity contribution in [2.24, 2.45) is 0 Å². The van der Waals surface area contributed by atoms with Crippen molar-refractivity contribution in [3.05, 3.63) is 61.7 Å². The number of benzene rings is 2. The molecule has 2 rings (SSSR count). The average Bonchev–Trinajstić information content (AvgIpc) is 2.41. The third-order valence-electron chi connectivity index (χ3n) is 2.33. The largest absolute Gasteiger partial charge is 0.450 e. The van der Waals surface area contributed by atoms with Gasteiger partial charge in [0.1, 0.15) is 5.75 Å². The lowest BCUT2D eigenvalue weighted by molar-refractivity contribution is -0.385. The molecule has 94 valence electrons. The average molecular weight is 366 g/mol. The van der Waals surface area contributed by atoms with E-state index in [1.165, 1.54) is 18.2 Å². The number of nitro benzene ring substituents is 1. The van der Waals surface area contributed by atoms with Gasteiger partial charge in [-0.2, -0.15) is 5.26 Å². The number of hydrogen-bond donors (Lipinski definition) is 0. The minimum Gasteiger partial charge on any atom is -0.450 e. The van der Waals surface area contributed by atoms with Crippen molar-refractivity contribution in [3.8, 4) is 17.6 Å². The fraction of sp³-hybridized carbons (Fsp3) is 0. The molecule has 0 fully saturated rings. The Hall–Kier alpha value is -2.14. The zero-order chi connectivity index (χ0) is 13.8. The molecular weight excluding hydrogens is 359 g/mol. The van der Waals surface area contributed by atoms with Gasteiger partial charge in [0.2, 0.25) is 5.75 Å². The van der Waals surface area contributed by atoms with Crippen molar-refractivity contribution < 1.29 is 9.66 Å². The Morgan fingerprint density at radius 1 is 1.21 bits per heavy atom. The van der Waals surface area contributed by atoms with E-state index < -0.39 is 4.92 Å². The summed E-state index contributed by atoms with van der Waals surface area (Å²) in [7, 11) is 0. The lowest BCUT2D eigenvalue weighted by Gasteiger charge is -2.06. The number of hydrogen-bond acceptors (Lipinski definition) is 4. The number of nitrogens with zero attached hydrogens (tertiary/aromatic N) is 2. The van der Waals surface area contributed by atoms with Gasteiger partial charge in [-0.05, 0) is 52.9 Å². The summed E-state index contributed by atoms with van der Waals surface area (Å²) in [4.78, 5) is 10.4. The van der Waals surface area contributed by atoms with E-state index in [0.717, 1.165) is 3.57 Å². The molecule has 0 atom stereocenters. The summed E-state index contributed by atoms with van der Waals surface area (Å²) in [5, 5.41) is 19.7. The number of halogens is 1. The molecule has 0 heterocycles. The van der Waals surface area contributed by atoms with Crippen LogP contribution in [0.1, 0.15) is 5.56 Å². The minimum atomic E-state index is -0.539. The number of nitriles is 1. The van der Waals surface area contributed by atoms with Crippen LogP contribution in [0.4, 0.5) is 5.69 Å². The van der Waals surface area contributed by atoms with Crippen LogP contribution in [0.5, 0.6) is 11.5 Å². The Morgan fingerprint density at radius 2 is 1.89 bits per heavy atom. The topological polar surface area (TPSA) is 76.2 Å². The van der Waals surface area contributed by atoms with E-state index in [4.69, 9.17) is 10.00 Å². The molecule has 0 aliphatic rings. The van der Waals surface area contributed by atoms with Gasteiger partial charge in [0.25, 0.3) is 0 Å². The van der Waals surface area contributed by atoms with Crippen LogP contribution in [0.25, 0.3) is 0 Å². The first kappa shape index (κ1) is 13.3. The zero-order valence-electron chi connectivity index (χ0n) is 9.54. The molecule has 0 amide bonds. The van der Waals surface area contributed by atoms with Gasteiger partial charge in [0.05, 0.1) is 16.6 Å². The zero-order valence-corrected chi connectivity index (χ0v) is 11.7. The summed E-state index contributed by atoms with van der Waals surface area (Å²) >= 11 is 2.15. The molecule has 6 heteroatoms. The molecule has 0 unspecified atom stereocenters. The number of nitro groups is 1. The molecule has 19 heavy (non-hydrogen) atoms. The first-order valence-electron chi connectivity index (χ1n) is 5.22. The summed E-state index contributed by atoms with van der Waals surface area (Å²) in [5.74, 6) is 0.545. The molecule has 0 N–H and O–H groups in total. The van der Waals surface area contributed by atoms with Crippen molar-refractivity contribution in [2.45, 2.75) is 0 Å². The van der Waals surface area contributed by atoms with Crippen LogP contribution in [0, 0.1) is 25.0 Å². The highest BCUT2D eigenvalue weighted by molar-refractivity contribution is 14.1. The maximum atomic E-state index is 10.9. The van der Waals surface area contributed by atoms with E-state index in [-0.39, 0.29) is 11.4 Å². The molecule has 0 bridgehead atoms. The molecule has 2 aromatic carbocycles. The van der Waals surface area contributed by atoms with Crippen LogP contribution >= 0.6 is 22.6 Å². The molecule has 0 spiro atoms. The minimum absolute atomic E-state index is 0.0604. The van der Waals surface area contributed by atoms with Crippen molar-refractivity contribution in [2.75, 3.05) is 0 Å². The van der Waals surface area contributed by atoms with E-state index in [1.54, 1.807) is 12.1 Å². The van der Waals surface area contributed by atoms with Gasteiger partial charge >= 0.3 is 5.69 Å². The molecule has 0 saturated carbocycles. The molecule has 2 aromatic rings. The van der Waals surface area contributed by atoms with Gasteiger partial charge < -0.3 is 4.74 Å². The van der Waals surface area contributed by atoms with E-state index in [0.29, 0.717) is 11.3 Å². The third-order valence-corrected chi connectivity index (χ3v) is 3.05. The lowest BCUT2D eigenvalue weighted by Crippen LogP contribution is -1.94. The fourth-order valence-electron chi connectivity index (χ4n) is 1.45. The van der Waals surface area contributed by atoms with Gasteiger partial charge in [-0.15, -0.1) is 0 Å². The van der Waals surface area contributed by atoms with Gasteiger partial charge in [-0.1, -0.05) is 0 Å². The van der Waals surface area contributed by atoms with Crippen molar-refractivity contribution in [1.29, 1.82) is 5.26 Å². The predicted molar refractivity (Wildman–Crippen MR) is 77.0 cm³/mol. The Bertz CT molecular complexity index is 663. The SMILES string of the molecule is N#Cc1ccc([N+](=O)[O-])c(Oc2ccc(I)cc2)c1. The van der Waals surface area contributed by atoms with Gasteiger partial charge in [0, 0.05) is 15.7 Å². The second kappa shape index (κ2) is 5.67. The van der Waals surface area contributed by atoms with Crippen molar-refractivity contribution >= 4 is 28.3 Å². The van der Waals surface area contributed by atoms with Crippen LogP contribution in [-0.4, -0.2) is 4.92 Å². The molecular formula is C13H7IN2O3. The van der Waals surface area contributed by atoms with Gasteiger partial charge in [-0.3, -0.25) is 10.1 Å².